The molecule has 0 unspecified atom stereocenters. The number of amidine groups is 1. The highest BCUT2D eigenvalue weighted by Crippen LogP contribution is 2.20. The fourth-order valence-electron chi connectivity index (χ4n) is 1.47. The lowest BCUT2D eigenvalue weighted by Gasteiger charge is -2.17. The van der Waals surface area contributed by atoms with Gasteiger partial charge >= 0.3 is 0 Å². The monoisotopic (exact) mass is 222 g/mol. The van der Waals surface area contributed by atoms with Crippen molar-refractivity contribution in [3.05, 3.63) is 29.8 Å². The van der Waals surface area contributed by atoms with Crippen LogP contribution in [0.5, 0.6) is 5.75 Å². The lowest BCUT2D eigenvalue weighted by atomic mass is 10.1. The first-order valence-electron chi connectivity index (χ1n) is 5.46. The molecule has 0 heterocycles. The summed E-state index contributed by atoms with van der Waals surface area (Å²) < 4.78 is 5.79. The van der Waals surface area contributed by atoms with Crippen LogP contribution in [0.3, 0.4) is 0 Å². The Hall–Kier alpha value is -1.71. The van der Waals surface area contributed by atoms with Crippen molar-refractivity contribution in [1.82, 2.24) is 0 Å². The molecule has 0 aliphatic rings. The second kappa shape index (κ2) is 6.00. The zero-order chi connectivity index (χ0) is 12.0. The van der Waals surface area contributed by atoms with Crippen molar-refractivity contribution in [2.75, 3.05) is 0 Å². The van der Waals surface area contributed by atoms with Crippen molar-refractivity contribution >= 4 is 5.84 Å². The third-order valence-corrected chi connectivity index (χ3v) is 2.48. The summed E-state index contributed by atoms with van der Waals surface area (Å²) in [5.74, 6) is 0.730. The molecule has 16 heavy (non-hydrogen) atoms. The highest BCUT2D eigenvalue weighted by molar-refractivity contribution is 5.99. The molecule has 0 aliphatic carbocycles. The van der Waals surface area contributed by atoms with Gasteiger partial charge in [-0.25, -0.2) is 0 Å². The minimum atomic E-state index is 0.0709. The zero-order valence-corrected chi connectivity index (χ0v) is 9.68. The third kappa shape index (κ3) is 2.89. The standard InChI is InChI=1S/C12H18N2O2/c1-3-9(4-2)16-11-8-6-5-7-10(11)12(13)14-15/h5-9,15H,3-4H2,1-2H3,(H2,13,14). The van der Waals surface area contributed by atoms with Crippen LogP contribution in [-0.4, -0.2) is 17.1 Å². The van der Waals surface area contributed by atoms with Crippen molar-refractivity contribution in [3.8, 4) is 5.75 Å². The molecule has 1 aromatic carbocycles. The number of ether oxygens (including phenoxy) is 1. The van der Waals surface area contributed by atoms with Crippen molar-refractivity contribution in [1.29, 1.82) is 0 Å². The van der Waals surface area contributed by atoms with Gasteiger partial charge in [-0.3, -0.25) is 0 Å². The van der Waals surface area contributed by atoms with Crippen molar-refractivity contribution in [2.24, 2.45) is 10.9 Å². The third-order valence-electron chi connectivity index (χ3n) is 2.48. The van der Waals surface area contributed by atoms with Crippen LogP contribution in [0.15, 0.2) is 29.4 Å². The van der Waals surface area contributed by atoms with E-state index in [4.69, 9.17) is 15.7 Å². The summed E-state index contributed by atoms with van der Waals surface area (Å²) in [4.78, 5) is 0. The molecule has 0 fully saturated rings. The van der Waals surface area contributed by atoms with Crippen LogP contribution in [0, 0.1) is 0 Å². The maximum absolute atomic E-state index is 8.67. The van der Waals surface area contributed by atoms with Gasteiger partial charge in [0.1, 0.15) is 5.75 Å². The SMILES string of the molecule is CCC(CC)Oc1ccccc1C(N)=NO. The highest BCUT2D eigenvalue weighted by Gasteiger charge is 2.11. The Kier molecular flexibility index (Phi) is 4.64. The molecule has 0 amide bonds. The molecule has 4 nitrogen and oxygen atoms in total. The van der Waals surface area contributed by atoms with Crippen LogP contribution in [0.2, 0.25) is 0 Å². The molecule has 1 aromatic rings. The van der Waals surface area contributed by atoms with Gasteiger partial charge in [-0.15, -0.1) is 0 Å². The van der Waals surface area contributed by atoms with Crippen LogP contribution < -0.4 is 10.5 Å². The fourth-order valence-corrected chi connectivity index (χ4v) is 1.47. The van der Waals surface area contributed by atoms with E-state index in [0.29, 0.717) is 11.3 Å². The van der Waals surface area contributed by atoms with Gasteiger partial charge < -0.3 is 15.7 Å². The van der Waals surface area contributed by atoms with Crippen LogP contribution in [-0.2, 0) is 0 Å². The average molecular weight is 222 g/mol. The van der Waals surface area contributed by atoms with Gasteiger partial charge in [0.25, 0.3) is 0 Å². The van der Waals surface area contributed by atoms with Gasteiger partial charge in [0.05, 0.1) is 11.7 Å². The molecular weight excluding hydrogens is 204 g/mol. The minimum Gasteiger partial charge on any atom is -0.490 e. The molecule has 3 N–H and O–H groups in total. The first kappa shape index (κ1) is 12.4. The Labute approximate surface area is 95.7 Å². The maximum atomic E-state index is 8.67. The van der Waals surface area contributed by atoms with E-state index in [0.717, 1.165) is 12.8 Å². The van der Waals surface area contributed by atoms with E-state index in [1.54, 1.807) is 6.07 Å². The number of hydrogen-bond donors (Lipinski definition) is 2. The van der Waals surface area contributed by atoms with E-state index in [9.17, 15) is 0 Å². The summed E-state index contributed by atoms with van der Waals surface area (Å²) in [6.07, 6.45) is 2.02. The van der Waals surface area contributed by atoms with Crippen LogP contribution in [0.25, 0.3) is 0 Å². The molecule has 0 radical (unpaired) electrons. The quantitative estimate of drug-likeness (QED) is 0.348. The number of nitrogens with two attached hydrogens (primary N) is 1. The molecule has 0 atom stereocenters. The minimum absolute atomic E-state index is 0.0709. The second-order valence-corrected chi connectivity index (χ2v) is 3.54. The summed E-state index contributed by atoms with van der Waals surface area (Å²) in [6.45, 7) is 4.14. The molecule has 0 aromatic heterocycles. The Bertz CT molecular complexity index is 360. The number of para-hydroxylation sites is 1. The highest BCUT2D eigenvalue weighted by atomic mass is 16.5. The lowest BCUT2D eigenvalue weighted by molar-refractivity contribution is 0.192. The Balaban J connectivity index is 2.95. The predicted octanol–water partition coefficient (Wildman–Crippen LogP) is 2.35. The van der Waals surface area contributed by atoms with Crippen LogP contribution >= 0.6 is 0 Å². The van der Waals surface area contributed by atoms with E-state index in [1.165, 1.54) is 0 Å². The summed E-state index contributed by atoms with van der Waals surface area (Å²) in [5, 5.41) is 11.7. The van der Waals surface area contributed by atoms with Gasteiger partial charge in [0.15, 0.2) is 5.84 Å². The fraction of sp³-hybridized carbons (Fsp3) is 0.417. The van der Waals surface area contributed by atoms with Crippen LogP contribution in [0.1, 0.15) is 32.3 Å². The van der Waals surface area contributed by atoms with E-state index in [2.05, 4.69) is 19.0 Å². The van der Waals surface area contributed by atoms with Gasteiger partial charge in [0, 0.05) is 0 Å². The molecule has 0 bridgehead atoms. The van der Waals surface area contributed by atoms with Gasteiger partial charge in [-0.2, -0.15) is 0 Å². The molecule has 4 heteroatoms. The molecule has 0 saturated carbocycles. The Morgan fingerprint density at radius 2 is 2.00 bits per heavy atom. The molecule has 0 aliphatic heterocycles. The van der Waals surface area contributed by atoms with E-state index >= 15 is 0 Å². The predicted molar refractivity (Wildman–Crippen MR) is 64.0 cm³/mol. The molecule has 0 saturated heterocycles. The Morgan fingerprint density at radius 1 is 1.38 bits per heavy atom. The maximum Gasteiger partial charge on any atom is 0.173 e. The molecule has 1 rings (SSSR count). The second-order valence-electron chi connectivity index (χ2n) is 3.54. The van der Waals surface area contributed by atoms with Crippen molar-refractivity contribution in [3.63, 3.8) is 0 Å². The lowest BCUT2D eigenvalue weighted by Crippen LogP contribution is -2.19. The van der Waals surface area contributed by atoms with Gasteiger partial charge in [0.2, 0.25) is 0 Å². The molecular formula is C12H18N2O2. The molecule has 88 valence electrons. The first-order chi connectivity index (χ1) is 7.72. The van der Waals surface area contributed by atoms with Crippen molar-refractivity contribution < 1.29 is 9.94 Å². The zero-order valence-electron chi connectivity index (χ0n) is 9.68. The van der Waals surface area contributed by atoms with E-state index < -0.39 is 0 Å². The van der Waals surface area contributed by atoms with Gasteiger partial charge in [-0.05, 0) is 25.0 Å². The summed E-state index contributed by atoms with van der Waals surface area (Å²) in [7, 11) is 0. The normalized spacial score (nSPS) is 11.8. The van der Waals surface area contributed by atoms with Crippen LogP contribution in [0.4, 0.5) is 0 Å². The summed E-state index contributed by atoms with van der Waals surface area (Å²) >= 11 is 0. The number of benzene rings is 1. The number of nitrogens with zero attached hydrogens (tertiary/aromatic N) is 1. The van der Waals surface area contributed by atoms with E-state index in [1.807, 2.05) is 18.2 Å². The van der Waals surface area contributed by atoms with Crippen molar-refractivity contribution in [2.45, 2.75) is 32.8 Å². The topological polar surface area (TPSA) is 67.8 Å². The Morgan fingerprint density at radius 3 is 2.56 bits per heavy atom. The largest absolute Gasteiger partial charge is 0.490 e. The number of rotatable bonds is 5. The number of hydrogen-bond acceptors (Lipinski definition) is 3. The summed E-state index contributed by atoms with van der Waals surface area (Å²) in [6, 6.07) is 7.29. The average Bonchev–Trinajstić information content (AvgIpc) is 2.35. The van der Waals surface area contributed by atoms with E-state index in [-0.39, 0.29) is 11.9 Å². The molecule has 0 spiro atoms. The summed E-state index contributed by atoms with van der Waals surface area (Å²) in [5.41, 5.74) is 6.20. The number of oxime groups is 1. The smallest absolute Gasteiger partial charge is 0.173 e. The van der Waals surface area contributed by atoms with Gasteiger partial charge in [-0.1, -0.05) is 31.1 Å². The first-order valence-corrected chi connectivity index (χ1v) is 5.46.